The van der Waals surface area contributed by atoms with E-state index in [4.69, 9.17) is 18.9 Å². The summed E-state index contributed by atoms with van der Waals surface area (Å²) in [7, 11) is 2.98. The minimum Gasteiger partial charge on any atom is -0.497 e. The number of rotatable bonds is 9. The zero-order chi connectivity index (χ0) is 20.5. The number of nitrogens with zero attached hydrogens (tertiary/aromatic N) is 1. The third-order valence-electron chi connectivity index (χ3n) is 4.23. The molecule has 1 heterocycles. The third kappa shape index (κ3) is 5.97. The molecule has 6 nitrogen and oxygen atoms in total. The summed E-state index contributed by atoms with van der Waals surface area (Å²) >= 11 is 0. The molecule has 0 fully saturated rings. The quantitative estimate of drug-likeness (QED) is 0.513. The standard InChI is InChI=1S/C23H23NO5/c1-26-20-10-8-18(9-11-20)16-29-22-14-24-19(13-23(25)27-2)12-21(22)28-15-17-6-4-3-5-7-17/h3-12,14H,13,15-16H2,1-2H3. The highest BCUT2D eigenvalue weighted by atomic mass is 16.5. The van der Waals surface area contributed by atoms with Crippen molar-refractivity contribution in [1.29, 1.82) is 0 Å². The van der Waals surface area contributed by atoms with Crippen LogP contribution in [0, 0.1) is 0 Å². The van der Waals surface area contributed by atoms with E-state index in [1.165, 1.54) is 7.11 Å². The summed E-state index contributed by atoms with van der Waals surface area (Å²) < 4.78 is 21.8. The van der Waals surface area contributed by atoms with Gasteiger partial charge in [-0.1, -0.05) is 42.5 Å². The second-order valence-electron chi connectivity index (χ2n) is 6.29. The second-order valence-corrected chi connectivity index (χ2v) is 6.29. The summed E-state index contributed by atoms with van der Waals surface area (Å²) in [6.07, 6.45) is 1.64. The maximum atomic E-state index is 11.6. The molecule has 0 spiro atoms. The van der Waals surface area contributed by atoms with E-state index in [9.17, 15) is 4.79 Å². The van der Waals surface area contributed by atoms with Gasteiger partial charge in [-0.3, -0.25) is 9.78 Å². The van der Waals surface area contributed by atoms with Gasteiger partial charge in [-0.2, -0.15) is 0 Å². The van der Waals surface area contributed by atoms with Gasteiger partial charge in [0, 0.05) is 6.07 Å². The highest BCUT2D eigenvalue weighted by Crippen LogP contribution is 2.29. The largest absolute Gasteiger partial charge is 0.497 e. The minimum atomic E-state index is -0.363. The molecule has 0 radical (unpaired) electrons. The molecular formula is C23H23NO5. The lowest BCUT2D eigenvalue weighted by atomic mass is 10.2. The number of carbonyl (C=O) groups excluding carboxylic acids is 1. The van der Waals surface area contributed by atoms with Crippen LogP contribution in [0.3, 0.4) is 0 Å². The predicted octanol–water partition coefficient (Wildman–Crippen LogP) is 3.96. The monoisotopic (exact) mass is 393 g/mol. The SMILES string of the molecule is COC(=O)Cc1cc(OCc2ccccc2)c(OCc2ccc(OC)cc2)cn1. The van der Waals surface area contributed by atoms with Crippen molar-refractivity contribution in [2.75, 3.05) is 14.2 Å². The number of benzene rings is 2. The van der Waals surface area contributed by atoms with Gasteiger partial charge < -0.3 is 18.9 Å². The number of esters is 1. The van der Waals surface area contributed by atoms with Crippen molar-refractivity contribution in [3.8, 4) is 17.2 Å². The average Bonchev–Trinajstić information content (AvgIpc) is 2.78. The van der Waals surface area contributed by atoms with E-state index in [1.54, 1.807) is 19.4 Å². The van der Waals surface area contributed by atoms with Crippen LogP contribution in [0.15, 0.2) is 66.9 Å². The molecule has 0 aliphatic carbocycles. The van der Waals surface area contributed by atoms with Crippen molar-refractivity contribution < 1.29 is 23.7 Å². The van der Waals surface area contributed by atoms with Crippen molar-refractivity contribution in [3.63, 3.8) is 0 Å². The van der Waals surface area contributed by atoms with Crippen LogP contribution in [0.1, 0.15) is 16.8 Å². The Kier molecular flexibility index (Phi) is 7.05. The lowest BCUT2D eigenvalue weighted by Gasteiger charge is -2.14. The summed E-state index contributed by atoms with van der Waals surface area (Å²) in [5.41, 5.74) is 2.56. The molecular weight excluding hydrogens is 370 g/mol. The smallest absolute Gasteiger partial charge is 0.311 e. The number of carbonyl (C=O) groups is 1. The Hall–Kier alpha value is -3.54. The Morgan fingerprint density at radius 3 is 2.17 bits per heavy atom. The van der Waals surface area contributed by atoms with Crippen LogP contribution in [0.25, 0.3) is 0 Å². The molecule has 1 aromatic heterocycles. The summed E-state index contributed by atoms with van der Waals surface area (Å²) in [5, 5.41) is 0. The first kappa shape index (κ1) is 20.2. The number of methoxy groups -OCH3 is 2. The van der Waals surface area contributed by atoms with E-state index in [2.05, 4.69) is 4.98 Å². The molecule has 0 bridgehead atoms. The van der Waals surface area contributed by atoms with E-state index in [0.717, 1.165) is 16.9 Å². The van der Waals surface area contributed by atoms with Crippen LogP contribution in [0.2, 0.25) is 0 Å². The van der Waals surface area contributed by atoms with Gasteiger partial charge in [-0.15, -0.1) is 0 Å². The lowest BCUT2D eigenvalue weighted by Crippen LogP contribution is -2.07. The first-order chi connectivity index (χ1) is 14.2. The normalized spacial score (nSPS) is 10.3. The molecule has 0 aliphatic heterocycles. The van der Waals surface area contributed by atoms with E-state index < -0.39 is 0 Å². The Bertz CT molecular complexity index is 926. The van der Waals surface area contributed by atoms with Crippen molar-refractivity contribution in [2.24, 2.45) is 0 Å². The van der Waals surface area contributed by atoms with E-state index in [-0.39, 0.29) is 12.4 Å². The predicted molar refractivity (Wildman–Crippen MR) is 108 cm³/mol. The first-order valence-electron chi connectivity index (χ1n) is 9.16. The average molecular weight is 393 g/mol. The van der Waals surface area contributed by atoms with Gasteiger partial charge in [-0.05, 0) is 23.3 Å². The summed E-state index contributed by atoms with van der Waals surface area (Å²) in [4.78, 5) is 15.9. The zero-order valence-electron chi connectivity index (χ0n) is 16.5. The fourth-order valence-corrected chi connectivity index (χ4v) is 2.62. The summed E-state index contributed by atoms with van der Waals surface area (Å²) in [6.45, 7) is 0.727. The van der Waals surface area contributed by atoms with Gasteiger partial charge in [0.05, 0.1) is 32.5 Å². The molecule has 6 heteroatoms. The minimum absolute atomic E-state index is 0.0664. The lowest BCUT2D eigenvalue weighted by molar-refractivity contribution is -0.139. The third-order valence-corrected chi connectivity index (χ3v) is 4.23. The molecule has 150 valence electrons. The molecule has 0 atom stereocenters. The number of hydrogen-bond acceptors (Lipinski definition) is 6. The number of hydrogen-bond donors (Lipinski definition) is 0. The fourth-order valence-electron chi connectivity index (χ4n) is 2.62. The van der Waals surface area contributed by atoms with Crippen LogP contribution >= 0.6 is 0 Å². The van der Waals surface area contributed by atoms with Gasteiger partial charge >= 0.3 is 5.97 Å². The molecule has 29 heavy (non-hydrogen) atoms. The maximum absolute atomic E-state index is 11.6. The van der Waals surface area contributed by atoms with Crippen molar-refractivity contribution in [2.45, 2.75) is 19.6 Å². The molecule has 0 aliphatic rings. The summed E-state index contributed by atoms with van der Waals surface area (Å²) in [6, 6.07) is 19.2. The van der Waals surface area contributed by atoms with Crippen LogP contribution in [-0.2, 0) is 29.2 Å². The molecule has 3 rings (SSSR count). The van der Waals surface area contributed by atoms with E-state index in [1.807, 2.05) is 54.6 Å². The second kappa shape index (κ2) is 10.1. The zero-order valence-corrected chi connectivity index (χ0v) is 16.5. The van der Waals surface area contributed by atoms with Crippen molar-refractivity contribution in [1.82, 2.24) is 4.98 Å². The molecule has 0 N–H and O–H groups in total. The highest BCUT2D eigenvalue weighted by Gasteiger charge is 2.12. The number of ether oxygens (including phenoxy) is 4. The van der Waals surface area contributed by atoms with Gasteiger partial charge in [0.1, 0.15) is 19.0 Å². The van der Waals surface area contributed by atoms with Gasteiger partial charge in [0.15, 0.2) is 11.5 Å². The molecule has 0 unspecified atom stereocenters. The van der Waals surface area contributed by atoms with E-state index >= 15 is 0 Å². The Balaban J connectivity index is 1.74. The van der Waals surface area contributed by atoms with Gasteiger partial charge in [-0.25, -0.2) is 0 Å². The van der Waals surface area contributed by atoms with Crippen LogP contribution in [0.5, 0.6) is 17.2 Å². The van der Waals surface area contributed by atoms with Crippen molar-refractivity contribution >= 4 is 5.97 Å². The van der Waals surface area contributed by atoms with Crippen LogP contribution < -0.4 is 14.2 Å². The molecule has 3 aromatic rings. The molecule has 2 aromatic carbocycles. The van der Waals surface area contributed by atoms with Crippen molar-refractivity contribution in [3.05, 3.63) is 83.7 Å². The van der Waals surface area contributed by atoms with Gasteiger partial charge in [0.2, 0.25) is 0 Å². The molecule has 0 saturated heterocycles. The molecule has 0 saturated carbocycles. The number of aromatic nitrogens is 1. The maximum Gasteiger partial charge on any atom is 0.311 e. The fraction of sp³-hybridized carbons (Fsp3) is 0.217. The van der Waals surface area contributed by atoms with Crippen LogP contribution in [-0.4, -0.2) is 25.2 Å². The highest BCUT2D eigenvalue weighted by molar-refractivity contribution is 5.72. The van der Waals surface area contributed by atoms with E-state index in [0.29, 0.717) is 30.4 Å². The Morgan fingerprint density at radius 2 is 1.52 bits per heavy atom. The van der Waals surface area contributed by atoms with Gasteiger partial charge in [0.25, 0.3) is 0 Å². The Morgan fingerprint density at radius 1 is 0.862 bits per heavy atom. The topological polar surface area (TPSA) is 66.9 Å². The molecule has 0 amide bonds. The summed E-state index contributed by atoms with van der Waals surface area (Å²) in [5.74, 6) is 1.45. The van der Waals surface area contributed by atoms with Crippen LogP contribution in [0.4, 0.5) is 0 Å². The Labute approximate surface area is 170 Å². The number of pyridine rings is 1. The first-order valence-corrected chi connectivity index (χ1v) is 9.16.